The fourth-order valence-electron chi connectivity index (χ4n) is 2.65. The zero-order valence-electron chi connectivity index (χ0n) is 14.7. The highest BCUT2D eigenvalue weighted by Crippen LogP contribution is 2.20. The topological polar surface area (TPSA) is 70.2 Å². The Kier molecular flexibility index (Phi) is 7.16. The van der Waals surface area contributed by atoms with Gasteiger partial charge < -0.3 is 5.32 Å². The zero-order valence-corrected chi connectivity index (χ0v) is 14.7. The molecule has 0 unspecified atom stereocenters. The Labute approximate surface area is 148 Å². The molecule has 25 heavy (non-hydrogen) atoms. The van der Waals surface area contributed by atoms with E-state index in [-0.39, 0.29) is 11.9 Å². The lowest BCUT2D eigenvalue weighted by Crippen LogP contribution is -2.48. The Bertz CT molecular complexity index is 674. The van der Waals surface area contributed by atoms with Crippen LogP contribution >= 0.6 is 0 Å². The minimum atomic E-state index is -0.501. The molecule has 0 bridgehead atoms. The van der Waals surface area contributed by atoms with Crippen LogP contribution in [0.4, 0.5) is 4.79 Å². The van der Waals surface area contributed by atoms with E-state index in [1.54, 1.807) is 6.92 Å². The maximum absolute atomic E-state index is 12.1. The number of benzene rings is 2. The summed E-state index contributed by atoms with van der Waals surface area (Å²) in [5, 5.41) is 8.03. The molecule has 5 heteroatoms. The second-order valence-electron chi connectivity index (χ2n) is 5.94. The summed E-state index contributed by atoms with van der Waals surface area (Å²) in [4.78, 5) is 23.4. The summed E-state index contributed by atoms with van der Waals surface area (Å²) >= 11 is 0. The van der Waals surface area contributed by atoms with Crippen molar-refractivity contribution in [2.24, 2.45) is 0 Å². The predicted molar refractivity (Wildman–Crippen MR) is 99.1 cm³/mol. The van der Waals surface area contributed by atoms with E-state index >= 15 is 0 Å². The smallest absolute Gasteiger partial charge is 0.321 e. The number of carbonyl (C=O) groups excluding carboxylic acids is 2. The second-order valence-corrected chi connectivity index (χ2v) is 5.94. The molecule has 2 aromatic rings. The number of hydrogen-bond acceptors (Lipinski definition) is 3. The van der Waals surface area contributed by atoms with E-state index in [0.717, 1.165) is 18.4 Å². The van der Waals surface area contributed by atoms with Gasteiger partial charge in [0.1, 0.15) is 0 Å². The number of amides is 3. The standard InChI is InChI=1S/C20H25N3O2/c1-15(19(24)23-20(25)21-2)22-18(17-11-7-4-8-12-17)14-13-16-9-5-3-6-10-16/h3-12,15,18,22H,13-14H2,1-2H3,(H2,21,23,24,25)/t15-,18+/m1/s1. The van der Waals surface area contributed by atoms with Gasteiger partial charge in [-0.3, -0.25) is 15.4 Å². The van der Waals surface area contributed by atoms with Crippen LogP contribution < -0.4 is 16.0 Å². The highest BCUT2D eigenvalue weighted by molar-refractivity contribution is 5.96. The van der Waals surface area contributed by atoms with Crippen molar-refractivity contribution < 1.29 is 9.59 Å². The molecule has 3 N–H and O–H groups in total. The van der Waals surface area contributed by atoms with Gasteiger partial charge in [0.25, 0.3) is 0 Å². The van der Waals surface area contributed by atoms with E-state index in [1.165, 1.54) is 12.6 Å². The number of imide groups is 1. The van der Waals surface area contributed by atoms with Crippen molar-refractivity contribution in [1.82, 2.24) is 16.0 Å². The van der Waals surface area contributed by atoms with Gasteiger partial charge in [0.2, 0.25) is 5.91 Å². The van der Waals surface area contributed by atoms with Crippen molar-refractivity contribution in [2.75, 3.05) is 7.05 Å². The van der Waals surface area contributed by atoms with Crippen LogP contribution in [0.25, 0.3) is 0 Å². The summed E-state index contributed by atoms with van der Waals surface area (Å²) < 4.78 is 0. The molecular formula is C20H25N3O2. The van der Waals surface area contributed by atoms with Crippen LogP contribution in [-0.2, 0) is 11.2 Å². The molecule has 0 saturated heterocycles. The fourth-order valence-corrected chi connectivity index (χ4v) is 2.65. The average molecular weight is 339 g/mol. The zero-order chi connectivity index (χ0) is 18.1. The number of nitrogens with one attached hydrogen (secondary N) is 3. The molecule has 0 heterocycles. The van der Waals surface area contributed by atoms with Crippen molar-refractivity contribution in [1.29, 1.82) is 0 Å². The first-order chi connectivity index (χ1) is 12.1. The van der Waals surface area contributed by atoms with Crippen LogP contribution in [-0.4, -0.2) is 25.0 Å². The van der Waals surface area contributed by atoms with Gasteiger partial charge in [-0.25, -0.2) is 4.79 Å². The first-order valence-corrected chi connectivity index (χ1v) is 8.47. The lowest BCUT2D eigenvalue weighted by atomic mass is 9.98. The van der Waals surface area contributed by atoms with Crippen molar-refractivity contribution in [3.63, 3.8) is 0 Å². The summed E-state index contributed by atoms with van der Waals surface area (Å²) in [5.41, 5.74) is 2.38. The maximum Gasteiger partial charge on any atom is 0.321 e. The maximum atomic E-state index is 12.1. The van der Waals surface area contributed by atoms with Crippen molar-refractivity contribution in [2.45, 2.75) is 31.8 Å². The molecule has 0 saturated carbocycles. The molecule has 0 aliphatic carbocycles. The quantitative estimate of drug-likeness (QED) is 0.726. The highest BCUT2D eigenvalue weighted by atomic mass is 16.2. The Morgan fingerprint density at radius 2 is 1.56 bits per heavy atom. The van der Waals surface area contributed by atoms with Gasteiger partial charge in [-0.15, -0.1) is 0 Å². The number of urea groups is 1. The van der Waals surface area contributed by atoms with E-state index in [1.807, 2.05) is 48.5 Å². The summed E-state index contributed by atoms with van der Waals surface area (Å²) in [7, 11) is 1.48. The van der Waals surface area contributed by atoms with Crippen molar-refractivity contribution in [3.05, 3.63) is 71.8 Å². The number of rotatable bonds is 7. The van der Waals surface area contributed by atoms with E-state index in [4.69, 9.17) is 0 Å². The van der Waals surface area contributed by atoms with Gasteiger partial charge in [-0.2, -0.15) is 0 Å². The van der Waals surface area contributed by atoms with Crippen LogP contribution in [0.2, 0.25) is 0 Å². The number of carbonyl (C=O) groups is 2. The molecule has 0 fully saturated rings. The summed E-state index contributed by atoms with van der Waals surface area (Å²) in [6.45, 7) is 1.76. The lowest BCUT2D eigenvalue weighted by molar-refractivity contribution is -0.121. The first-order valence-electron chi connectivity index (χ1n) is 8.47. The predicted octanol–water partition coefficient (Wildman–Crippen LogP) is 2.79. The molecule has 2 rings (SSSR count). The van der Waals surface area contributed by atoms with Crippen molar-refractivity contribution >= 4 is 11.9 Å². The van der Waals surface area contributed by atoms with E-state index < -0.39 is 12.1 Å². The summed E-state index contributed by atoms with van der Waals surface area (Å²) in [6.07, 6.45) is 1.75. The van der Waals surface area contributed by atoms with Crippen LogP contribution in [0.5, 0.6) is 0 Å². The molecule has 2 aromatic carbocycles. The minimum absolute atomic E-state index is 0.0202. The Morgan fingerprint density at radius 1 is 0.960 bits per heavy atom. The molecule has 0 spiro atoms. The molecule has 0 aromatic heterocycles. The SMILES string of the molecule is CNC(=O)NC(=O)[C@@H](C)N[C@@H](CCc1ccccc1)c1ccccc1. The molecule has 0 radical (unpaired) electrons. The Morgan fingerprint density at radius 3 is 2.16 bits per heavy atom. The minimum Gasteiger partial charge on any atom is -0.341 e. The number of aryl methyl sites for hydroxylation is 1. The van der Waals surface area contributed by atoms with Gasteiger partial charge in [0.15, 0.2) is 0 Å². The van der Waals surface area contributed by atoms with Crippen LogP contribution in [0.15, 0.2) is 60.7 Å². The van der Waals surface area contributed by atoms with Crippen LogP contribution in [0.3, 0.4) is 0 Å². The third-order valence-corrected chi connectivity index (χ3v) is 4.07. The van der Waals surface area contributed by atoms with Crippen LogP contribution in [0.1, 0.15) is 30.5 Å². The van der Waals surface area contributed by atoms with Gasteiger partial charge in [-0.1, -0.05) is 60.7 Å². The number of hydrogen-bond donors (Lipinski definition) is 3. The fraction of sp³-hybridized carbons (Fsp3) is 0.300. The van der Waals surface area contributed by atoms with Gasteiger partial charge in [0.05, 0.1) is 6.04 Å². The Balaban J connectivity index is 2.04. The molecular weight excluding hydrogens is 314 g/mol. The highest BCUT2D eigenvalue weighted by Gasteiger charge is 2.20. The second kappa shape index (κ2) is 9.59. The molecule has 132 valence electrons. The van der Waals surface area contributed by atoms with E-state index in [2.05, 4.69) is 28.1 Å². The monoisotopic (exact) mass is 339 g/mol. The van der Waals surface area contributed by atoms with E-state index in [9.17, 15) is 9.59 Å². The first kappa shape index (κ1) is 18.7. The van der Waals surface area contributed by atoms with E-state index in [0.29, 0.717) is 0 Å². The third-order valence-electron chi connectivity index (χ3n) is 4.07. The molecule has 2 atom stereocenters. The normalized spacial score (nSPS) is 12.9. The molecule has 3 amide bonds. The average Bonchev–Trinajstić information content (AvgIpc) is 2.66. The third kappa shape index (κ3) is 6.04. The van der Waals surface area contributed by atoms with Gasteiger partial charge in [0, 0.05) is 13.1 Å². The summed E-state index contributed by atoms with van der Waals surface area (Å²) in [6, 6.07) is 19.3. The molecule has 5 nitrogen and oxygen atoms in total. The van der Waals surface area contributed by atoms with Crippen molar-refractivity contribution in [3.8, 4) is 0 Å². The van der Waals surface area contributed by atoms with Gasteiger partial charge in [-0.05, 0) is 30.9 Å². The lowest BCUT2D eigenvalue weighted by Gasteiger charge is -2.23. The Hall–Kier alpha value is -2.66. The molecule has 0 aliphatic heterocycles. The summed E-state index contributed by atoms with van der Waals surface area (Å²) in [5.74, 6) is -0.347. The molecule has 0 aliphatic rings. The largest absolute Gasteiger partial charge is 0.341 e. The van der Waals surface area contributed by atoms with Crippen LogP contribution in [0, 0.1) is 0 Å². The van der Waals surface area contributed by atoms with Gasteiger partial charge >= 0.3 is 6.03 Å².